The second-order valence-electron chi connectivity index (χ2n) is 4.36. The van der Waals surface area contributed by atoms with Gasteiger partial charge in [0, 0.05) is 19.3 Å². The number of carbonyl (C=O) groups is 1. The molecule has 0 aliphatic rings. The lowest BCUT2D eigenvalue weighted by molar-refractivity contribution is 0.0696. The van der Waals surface area contributed by atoms with Crippen molar-refractivity contribution >= 4 is 17.6 Å². The van der Waals surface area contributed by atoms with Gasteiger partial charge >= 0.3 is 5.97 Å². The summed E-state index contributed by atoms with van der Waals surface area (Å²) in [6, 6.07) is 1.74. The fraction of sp³-hybridized carbons (Fsp3) is 0.385. The zero-order valence-corrected chi connectivity index (χ0v) is 11.7. The van der Waals surface area contributed by atoms with Crippen LogP contribution in [0, 0.1) is 0 Å². The molecule has 0 radical (unpaired) electrons. The molecule has 2 aromatic rings. The van der Waals surface area contributed by atoms with Crippen molar-refractivity contribution in [3.05, 3.63) is 29.1 Å². The van der Waals surface area contributed by atoms with E-state index < -0.39 is 5.97 Å². The average Bonchev–Trinajstić information content (AvgIpc) is 2.83. The first kappa shape index (κ1) is 14.0. The molecule has 2 N–H and O–H groups in total. The van der Waals surface area contributed by atoms with Crippen LogP contribution in [0.5, 0.6) is 0 Å². The van der Waals surface area contributed by atoms with E-state index in [1.807, 2.05) is 13.8 Å². The highest BCUT2D eigenvalue weighted by Crippen LogP contribution is 2.23. The Morgan fingerprint density at radius 2 is 2.10 bits per heavy atom. The molecule has 7 nitrogen and oxygen atoms in total. The normalized spacial score (nSPS) is 10.6. The number of hydrogen-bond acceptors (Lipinski definition) is 5. The molecule has 0 aromatic carbocycles. The predicted octanol–water partition coefficient (Wildman–Crippen LogP) is 1.78. The van der Waals surface area contributed by atoms with E-state index in [9.17, 15) is 9.90 Å². The minimum Gasteiger partial charge on any atom is -0.478 e. The molecule has 0 atom stereocenters. The van der Waals surface area contributed by atoms with Gasteiger partial charge in [-0.15, -0.1) is 5.10 Å². The third-order valence-corrected chi connectivity index (χ3v) is 3.02. The summed E-state index contributed by atoms with van der Waals surface area (Å²) in [6.07, 6.45) is 3.01. The van der Waals surface area contributed by atoms with Gasteiger partial charge in [0.1, 0.15) is 5.56 Å². The lowest BCUT2D eigenvalue weighted by atomic mass is 10.0. The Balaban J connectivity index is 2.49. The van der Waals surface area contributed by atoms with Crippen LogP contribution in [0.2, 0.25) is 0 Å². The van der Waals surface area contributed by atoms with Crippen molar-refractivity contribution in [2.75, 3.05) is 5.32 Å². The summed E-state index contributed by atoms with van der Waals surface area (Å²) < 4.78 is 1.62. The summed E-state index contributed by atoms with van der Waals surface area (Å²) >= 11 is 0. The molecule has 0 saturated carbocycles. The molecule has 7 heteroatoms. The smallest absolute Gasteiger partial charge is 0.339 e. The van der Waals surface area contributed by atoms with Crippen molar-refractivity contribution in [1.82, 2.24) is 20.0 Å². The van der Waals surface area contributed by atoms with Gasteiger partial charge in [0.05, 0.1) is 5.69 Å². The molecule has 20 heavy (non-hydrogen) atoms. The Morgan fingerprint density at radius 3 is 2.60 bits per heavy atom. The second-order valence-corrected chi connectivity index (χ2v) is 4.36. The van der Waals surface area contributed by atoms with E-state index in [0.29, 0.717) is 24.2 Å². The van der Waals surface area contributed by atoms with Crippen molar-refractivity contribution in [2.45, 2.75) is 26.7 Å². The molecule has 0 amide bonds. The SMILES string of the molecule is CCc1nnc(Nc2ccn(C)n2)c(C(=O)O)c1CC. The van der Waals surface area contributed by atoms with Gasteiger partial charge in [0.25, 0.3) is 0 Å². The quantitative estimate of drug-likeness (QED) is 0.864. The topological polar surface area (TPSA) is 92.9 Å². The molecular weight excluding hydrogens is 258 g/mol. The van der Waals surface area contributed by atoms with Gasteiger partial charge < -0.3 is 10.4 Å². The van der Waals surface area contributed by atoms with Crippen LogP contribution < -0.4 is 5.32 Å². The Labute approximate surface area is 116 Å². The van der Waals surface area contributed by atoms with E-state index in [1.165, 1.54) is 0 Å². The third kappa shape index (κ3) is 2.61. The van der Waals surface area contributed by atoms with Gasteiger partial charge in [-0.25, -0.2) is 4.79 Å². The van der Waals surface area contributed by atoms with Gasteiger partial charge in [0.2, 0.25) is 0 Å². The van der Waals surface area contributed by atoms with Gasteiger partial charge in [-0.2, -0.15) is 10.2 Å². The minimum atomic E-state index is -1.01. The summed E-state index contributed by atoms with van der Waals surface area (Å²) in [4.78, 5) is 11.5. The molecule has 0 aliphatic carbocycles. The largest absolute Gasteiger partial charge is 0.478 e. The first-order chi connectivity index (χ1) is 9.56. The number of hydrogen-bond donors (Lipinski definition) is 2. The van der Waals surface area contributed by atoms with E-state index in [-0.39, 0.29) is 11.4 Å². The van der Waals surface area contributed by atoms with Crippen LogP contribution in [0.1, 0.15) is 35.5 Å². The molecule has 2 aromatic heterocycles. The zero-order valence-electron chi connectivity index (χ0n) is 11.7. The minimum absolute atomic E-state index is 0.171. The molecule has 0 fully saturated rings. The van der Waals surface area contributed by atoms with E-state index in [2.05, 4.69) is 20.6 Å². The molecule has 0 spiro atoms. The third-order valence-electron chi connectivity index (χ3n) is 3.02. The highest BCUT2D eigenvalue weighted by atomic mass is 16.4. The van der Waals surface area contributed by atoms with Crippen molar-refractivity contribution in [2.24, 2.45) is 7.05 Å². The highest BCUT2D eigenvalue weighted by Gasteiger charge is 2.20. The summed E-state index contributed by atoms with van der Waals surface area (Å²) in [5.74, 6) is -0.245. The van der Waals surface area contributed by atoms with Crippen LogP contribution in [0.4, 0.5) is 11.6 Å². The standard InChI is InChI=1S/C13H17N5O2/c1-4-8-9(5-2)15-16-12(11(8)13(19)20)14-10-6-7-18(3)17-10/h6-7H,4-5H2,1-3H3,(H,19,20)(H,14,16,17). The maximum Gasteiger partial charge on any atom is 0.339 e. The number of carboxylic acid groups (broad SMARTS) is 1. The van der Waals surface area contributed by atoms with Crippen molar-refractivity contribution in [1.29, 1.82) is 0 Å². The molecule has 2 heterocycles. The number of nitrogens with zero attached hydrogens (tertiary/aromatic N) is 4. The molecule has 0 aliphatic heterocycles. The van der Waals surface area contributed by atoms with Gasteiger partial charge in [-0.1, -0.05) is 13.8 Å². The van der Waals surface area contributed by atoms with E-state index in [4.69, 9.17) is 0 Å². The van der Waals surface area contributed by atoms with Gasteiger partial charge in [0.15, 0.2) is 11.6 Å². The zero-order chi connectivity index (χ0) is 14.7. The van der Waals surface area contributed by atoms with Crippen LogP contribution in [-0.2, 0) is 19.9 Å². The summed E-state index contributed by atoms with van der Waals surface area (Å²) in [5.41, 5.74) is 1.61. The van der Waals surface area contributed by atoms with Crippen LogP contribution in [0.25, 0.3) is 0 Å². The van der Waals surface area contributed by atoms with E-state index in [0.717, 1.165) is 5.69 Å². The van der Waals surface area contributed by atoms with Gasteiger partial charge in [-0.3, -0.25) is 4.68 Å². The average molecular weight is 275 g/mol. The molecule has 0 bridgehead atoms. The number of aryl methyl sites for hydroxylation is 2. The van der Waals surface area contributed by atoms with Crippen molar-refractivity contribution in [3.8, 4) is 0 Å². The molecule has 106 valence electrons. The van der Waals surface area contributed by atoms with E-state index in [1.54, 1.807) is 24.0 Å². The number of rotatable bonds is 5. The Bertz CT molecular complexity index is 636. The van der Waals surface area contributed by atoms with Crippen LogP contribution >= 0.6 is 0 Å². The molecule has 0 unspecified atom stereocenters. The number of aromatic carboxylic acids is 1. The fourth-order valence-electron chi connectivity index (χ4n) is 2.09. The maximum atomic E-state index is 11.5. The number of carboxylic acids is 1. The molecule has 2 rings (SSSR count). The monoisotopic (exact) mass is 275 g/mol. The number of nitrogens with one attached hydrogen (secondary N) is 1. The maximum absolute atomic E-state index is 11.5. The van der Waals surface area contributed by atoms with Crippen molar-refractivity contribution < 1.29 is 9.90 Å². The first-order valence-corrected chi connectivity index (χ1v) is 6.45. The van der Waals surface area contributed by atoms with Crippen molar-refractivity contribution in [3.63, 3.8) is 0 Å². The summed E-state index contributed by atoms with van der Waals surface area (Å²) in [7, 11) is 1.78. The summed E-state index contributed by atoms with van der Waals surface area (Å²) in [6.45, 7) is 3.84. The Hall–Kier alpha value is -2.44. The Kier molecular flexibility index (Phi) is 3.97. The first-order valence-electron chi connectivity index (χ1n) is 6.45. The highest BCUT2D eigenvalue weighted by molar-refractivity contribution is 5.95. The molecular formula is C13H17N5O2. The fourth-order valence-corrected chi connectivity index (χ4v) is 2.09. The Morgan fingerprint density at radius 1 is 1.35 bits per heavy atom. The van der Waals surface area contributed by atoms with Crippen LogP contribution in [0.15, 0.2) is 12.3 Å². The van der Waals surface area contributed by atoms with E-state index >= 15 is 0 Å². The lowest BCUT2D eigenvalue weighted by Crippen LogP contribution is -2.13. The second kappa shape index (κ2) is 5.68. The number of anilines is 2. The summed E-state index contributed by atoms with van der Waals surface area (Å²) in [5, 5.41) is 24.6. The predicted molar refractivity (Wildman–Crippen MR) is 74.2 cm³/mol. The van der Waals surface area contributed by atoms with Crippen LogP contribution in [0.3, 0.4) is 0 Å². The molecule has 0 saturated heterocycles. The van der Waals surface area contributed by atoms with Crippen LogP contribution in [-0.4, -0.2) is 31.1 Å². The van der Waals surface area contributed by atoms with Gasteiger partial charge in [-0.05, 0) is 18.4 Å². The number of aromatic nitrogens is 4. The lowest BCUT2D eigenvalue weighted by Gasteiger charge is -2.12.